The van der Waals surface area contributed by atoms with Crippen LogP contribution in [0.5, 0.6) is 17.2 Å². The molecule has 0 unspecified atom stereocenters. The monoisotopic (exact) mass is 377 g/mol. The van der Waals surface area contributed by atoms with Crippen molar-refractivity contribution < 1.29 is 14.6 Å². The molecule has 0 saturated carbocycles. The van der Waals surface area contributed by atoms with Gasteiger partial charge in [-0.05, 0) is 54.9 Å². The van der Waals surface area contributed by atoms with E-state index in [0.717, 1.165) is 34.3 Å². The van der Waals surface area contributed by atoms with E-state index >= 15 is 0 Å². The third-order valence-electron chi connectivity index (χ3n) is 4.40. The first kappa shape index (κ1) is 16.1. The zero-order valence-electron chi connectivity index (χ0n) is 13.5. The Labute approximate surface area is 144 Å². The van der Waals surface area contributed by atoms with Crippen molar-refractivity contribution in [3.63, 3.8) is 0 Å². The summed E-state index contributed by atoms with van der Waals surface area (Å²) in [5.41, 5.74) is 3.25. The van der Waals surface area contributed by atoms with Gasteiger partial charge in [0.05, 0.1) is 20.3 Å². The molecule has 3 rings (SSSR count). The molecule has 23 heavy (non-hydrogen) atoms. The van der Waals surface area contributed by atoms with Gasteiger partial charge in [-0.25, -0.2) is 0 Å². The highest BCUT2D eigenvalue weighted by atomic mass is 79.9. The summed E-state index contributed by atoms with van der Waals surface area (Å²) in [7, 11) is 5.36. The van der Waals surface area contributed by atoms with Crippen molar-refractivity contribution in [2.45, 2.75) is 12.5 Å². The highest BCUT2D eigenvalue weighted by Crippen LogP contribution is 2.43. The van der Waals surface area contributed by atoms with Gasteiger partial charge in [0.1, 0.15) is 5.75 Å². The van der Waals surface area contributed by atoms with Crippen LogP contribution in [0.25, 0.3) is 0 Å². The molecule has 1 aliphatic heterocycles. The Balaban J connectivity index is 2.18. The molecule has 0 radical (unpaired) electrons. The van der Waals surface area contributed by atoms with Gasteiger partial charge in [0.15, 0.2) is 11.5 Å². The lowest BCUT2D eigenvalue weighted by Crippen LogP contribution is -2.33. The van der Waals surface area contributed by atoms with Crippen LogP contribution in [0.15, 0.2) is 34.8 Å². The van der Waals surface area contributed by atoms with Gasteiger partial charge in [0.2, 0.25) is 0 Å². The molecule has 0 aromatic heterocycles. The molecule has 1 aliphatic rings. The second kappa shape index (κ2) is 6.42. The van der Waals surface area contributed by atoms with Crippen molar-refractivity contribution in [1.29, 1.82) is 0 Å². The van der Waals surface area contributed by atoms with Crippen molar-refractivity contribution in [2.24, 2.45) is 0 Å². The number of phenolic OH excluding ortho intramolecular Hbond substituents is 1. The largest absolute Gasteiger partial charge is 0.508 e. The number of phenols is 1. The number of aromatic hydroxyl groups is 1. The fraction of sp³-hybridized carbons (Fsp3) is 0.333. The Morgan fingerprint density at radius 1 is 1.09 bits per heavy atom. The molecule has 0 saturated heterocycles. The lowest BCUT2D eigenvalue weighted by molar-refractivity contribution is 0.257. The zero-order chi connectivity index (χ0) is 16.6. The molecule has 0 bridgehead atoms. The van der Waals surface area contributed by atoms with Gasteiger partial charge in [-0.2, -0.15) is 0 Å². The number of hydrogen-bond donors (Lipinski definition) is 1. The number of ether oxygens (including phenoxy) is 2. The fourth-order valence-corrected chi connectivity index (χ4v) is 3.60. The number of hydrogen-bond acceptors (Lipinski definition) is 4. The molecule has 2 aromatic rings. The molecule has 2 aromatic carbocycles. The van der Waals surface area contributed by atoms with Crippen LogP contribution in [0.3, 0.4) is 0 Å². The molecule has 5 heteroatoms. The predicted octanol–water partition coefficient (Wildman–Crippen LogP) is 3.75. The average molecular weight is 378 g/mol. The summed E-state index contributed by atoms with van der Waals surface area (Å²) in [6.07, 6.45) is 0.942. The lowest BCUT2D eigenvalue weighted by atomic mass is 9.87. The van der Waals surface area contributed by atoms with Crippen molar-refractivity contribution in [3.8, 4) is 17.2 Å². The zero-order valence-corrected chi connectivity index (χ0v) is 15.1. The Morgan fingerprint density at radius 3 is 2.48 bits per heavy atom. The van der Waals surface area contributed by atoms with Crippen molar-refractivity contribution in [2.75, 3.05) is 27.8 Å². The second-order valence-electron chi connectivity index (χ2n) is 5.74. The standard InChI is InChI=1S/C18H20BrNO3/c1-20-7-6-11-8-16(22-2)17(23-3)10-13(11)18(20)14-9-12(19)4-5-15(14)21/h4-5,8-10,18,21H,6-7H2,1-3H3/t18-/m1/s1. The maximum absolute atomic E-state index is 10.4. The maximum Gasteiger partial charge on any atom is 0.161 e. The predicted molar refractivity (Wildman–Crippen MR) is 93.5 cm³/mol. The molecule has 122 valence electrons. The van der Waals surface area contributed by atoms with Gasteiger partial charge in [0, 0.05) is 16.6 Å². The average Bonchev–Trinajstić information content (AvgIpc) is 2.56. The Bertz CT molecular complexity index is 732. The van der Waals surface area contributed by atoms with Crippen LogP contribution in [0.4, 0.5) is 0 Å². The first-order valence-corrected chi connectivity index (χ1v) is 8.28. The number of halogens is 1. The van der Waals surface area contributed by atoms with Gasteiger partial charge in [-0.1, -0.05) is 15.9 Å². The van der Waals surface area contributed by atoms with E-state index in [9.17, 15) is 5.11 Å². The Kier molecular flexibility index (Phi) is 4.50. The molecule has 0 fully saturated rings. The molecule has 0 spiro atoms. The minimum atomic E-state index is -0.0175. The van der Waals surface area contributed by atoms with Crippen LogP contribution in [0, 0.1) is 0 Å². The third kappa shape index (κ3) is 2.91. The topological polar surface area (TPSA) is 41.9 Å². The minimum absolute atomic E-state index is 0.0175. The number of benzene rings is 2. The molecule has 0 aliphatic carbocycles. The summed E-state index contributed by atoms with van der Waals surface area (Å²) in [5, 5.41) is 10.4. The van der Waals surface area contributed by atoms with E-state index in [0.29, 0.717) is 11.5 Å². The van der Waals surface area contributed by atoms with E-state index in [1.165, 1.54) is 5.56 Å². The summed E-state index contributed by atoms with van der Waals surface area (Å²) in [4.78, 5) is 2.25. The van der Waals surface area contributed by atoms with Crippen LogP contribution in [-0.2, 0) is 6.42 Å². The minimum Gasteiger partial charge on any atom is -0.508 e. The SMILES string of the molecule is COc1cc2c(cc1OC)[C@H](c1cc(Br)ccc1O)N(C)CC2. The van der Waals surface area contributed by atoms with E-state index in [4.69, 9.17) is 9.47 Å². The second-order valence-corrected chi connectivity index (χ2v) is 6.66. The van der Waals surface area contributed by atoms with Crippen LogP contribution >= 0.6 is 15.9 Å². The van der Waals surface area contributed by atoms with Crippen molar-refractivity contribution in [3.05, 3.63) is 51.5 Å². The molecule has 1 N–H and O–H groups in total. The van der Waals surface area contributed by atoms with Gasteiger partial charge in [-0.15, -0.1) is 0 Å². The fourth-order valence-electron chi connectivity index (χ4n) is 3.22. The van der Waals surface area contributed by atoms with Crippen molar-refractivity contribution >= 4 is 15.9 Å². The van der Waals surface area contributed by atoms with E-state index in [2.05, 4.69) is 27.9 Å². The Morgan fingerprint density at radius 2 is 1.78 bits per heavy atom. The molecule has 1 heterocycles. The van der Waals surface area contributed by atoms with Gasteiger partial charge < -0.3 is 14.6 Å². The first-order chi connectivity index (χ1) is 11.0. The number of likely N-dealkylation sites (N-methyl/N-ethyl adjacent to an activating group) is 1. The van der Waals surface area contributed by atoms with Gasteiger partial charge >= 0.3 is 0 Å². The number of methoxy groups -OCH3 is 2. The summed E-state index contributed by atoms with van der Waals surface area (Å²) < 4.78 is 11.8. The molecular formula is C18H20BrNO3. The van der Waals surface area contributed by atoms with E-state index in [1.54, 1.807) is 20.3 Å². The smallest absolute Gasteiger partial charge is 0.161 e. The number of nitrogens with zero attached hydrogens (tertiary/aromatic N) is 1. The molecule has 0 amide bonds. The van der Waals surface area contributed by atoms with Crippen LogP contribution in [-0.4, -0.2) is 37.8 Å². The molecule has 4 nitrogen and oxygen atoms in total. The van der Waals surface area contributed by atoms with E-state index in [1.807, 2.05) is 24.3 Å². The van der Waals surface area contributed by atoms with Crippen molar-refractivity contribution in [1.82, 2.24) is 4.90 Å². The molecular weight excluding hydrogens is 358 g/mol. The van der Waals surface area contributed by atoms with E-state index in [-0.39, 0.29) is 6.04 Å². The number of rotatable bonds is 3. The van der Waals surface area contributed by atoms with Crippen LogP contribution in [0.2, 0.25) is 0 Å². The third-order valence-corrected chi connectivity index (χ3v) is 4.89. The maximum atomic E-state index is 10.4. The summed E-state index contributed by atoms with van der Waals surface area (Å²) in [6, 6.07) is 9.59. The molecule has 1 atom stereocenters. The van der Waals surface area contributed by atoms with Gasteiger partial charge in [-0.3, -0.25) is 4.90 Å². The highest BCUT2D eigenvalue weighted by Gasteiger charge is 2.30. The normalized spacial score (nSPS) is 17.7. The number of fused-ring (bicyclic) bond motifs is 1. The first-order valence-electron chi connectivity index (χ1n) is 7.48. The lowest BCUT2D eigenvalue weighted by Gasteiger charge is -2.35. The van der Waals surface area contributed by atoms with Crippen LogP contribution in [0.1, 0.15) is 22.7 Å². The van der Waals surface area contributed by atoms with Gasteiger partial charge in [0.25, 0.3) is 0 Å². The Hall–Kier alpha value is -1.72. The highest BCUT2D eigenvalue weighted by molar-refractivity contribution is 9.10. The van der Waals surface area contributed by atoms with Crippen LogP contribution < -0.4 is 9.47 Å². The summed E-state index contributed by atoms with van der Waals surface area (Å²) >= 11 is 3.50. The quantitative estimate of drug-likeness (QED) is 0.884. The van der Waals surface area contributed by atoms with E-state index < -0.39 is 0 Å². The summed E-state index contributed by atoms with van der Waals surface area (Å²) in [5.74, 6) is 1.75. The summed E-state index contributed by atoms with van der Waals surface area (Å²) in [6.45, 7) is 0.916.